The van der Waals surface area contributed by atoms with Crippen molar-refractivity contribution >= 4 is 17.9 Å². The fourth-order valence-corrected chi connectivity index (χ4v) is 2.88. The number of oxazole rings is 1. The maximum atomic E-state index is 13.0. The highest BCUT2D eigenvalue weighted by atomic mass is 19.1. The normalized spacial score (nSPS) is 13.4. The van der Waals surface area contributed by atoms with E-state index in [2.05, 4.69) is 10.3 Å². The second kappa shape index (κ2) is 8.16. The van der Waals surface area contributed by atoms with Crippen molar-refractivity contribution in [2.24, 2.45) is 0 Å². The van der Waals surface area contributed by atoms with Gasteiger partial charge in [0, 0.05) is 5.56 Å². The molecule has 1 aliphatic heterocycles. The average Bonchev–Trinajstić information content (AvgIpc) is 3.35. The van der Waals surface area contributed by atoms with Crippen molar-refractivity contribution < 1.29 is 27.9 Å². The Kier molecular flexibility index (Phi) is 5.25. The number of esters is 1. The third-order valence-electron chi connectivity index (χ3n) is 4.48. The quantitative estimate of drug-likeness (QED) is 0.496. The van der Waals surface area contributed by atoms with E-state index in [1.165, 1.54) is 18.3 Å². The van der Waals surface area contributed by atoms with Crippen LogP contribution >= 0.6 is 0 Å². The number of nitrogens with zero attached hydrogens (tertiary/aromatic N) is 2. The third-order valence-corrected chi connectivity index (χ3v) is 4.48. The molecule has 1 saturated heterocycles. The van der Waals surface area contributed by atoms with Crippen LogP contribution in [-0.4, -0.2) is 34.3 Å². The Morgan fingerprint density at radius 3 is 2.53 bits per heavy atom. The first-order valence-corrected chi connectivity index (χ1v) is 9.04. The molecule has 1 aliphatic rings. The van der Waals surface area contributed by atoms with Gasteiger partial charge in [-0.1, -0.05) is 12.1 Å². The summed E-state index contributed by atoms with van der Waals surface area (Å²) < 4.78 is 23.7. The molecular formula is C21H16FN3O5. The lowest BCUT2D eigenvalue weighted by Crippen LogP contribution is -2.30. The minimum atomic E-state index is -0.571. The molecule has 1 fully saturated rings. The van der Waals surface area contributed by atoms with Crippen molar-refractivity contribution in [3.05, 3.63) is 77.6 Å². The van der Waals surface area contributed by atoms with E-state index < -0.39 is 12.0 Å². The number of carbonyl (C=O) groups excluding carboxylic acids is 3. The summed E-state index contributed by atoms with van der Waals surface area (Å²) in [5, 5.41) is 2.45. The number of aromatic nitrogens is 1. The first-order chi connectivity index (χ1) is 14.5. The molecule has 0 aliphatic carbocycles. The van der Waals surface area contributed by atoms with Gasteiger partial charge in [-0.3, -0.25) is 9.69 Å². The topological polar surface area (TPSA) is 102 Å². The molecule has 9 heteroatoms. The predicted octanol–water partition coefficient (Wildman–Crippen LogP) is 2.89. The summed E-state index contributed by atoms with van der Waals surface area (Å²) in [5.74, 6) is -0.579. The third kappa shape index (κ3) is 4.19. The monoisotopic (exact) mass is 409 g/mol. The number of amides is 3. The lowest BCUT2D eigenvalue weighted by Gasteiger charge is -2.12. The molecule has 8 nitrogen and oxygen atoms in total. The highest BCUT2D eigenvalue weighted by Gasteiger charge is 2.28. The zero-order chi connectivity index (χ0) is 21.1. The summed E-state index contributed by atoms with van der Waals surface area (Å²) >= 11 is 0. The number of nitrogens with one attached hydrogen (secondary N) is 1. The number of halogens is 1. The van der Waals surface area contributed by atoms with Crippen LogP contribution in [-0.2, 0) is 22.7 Å². The van der Waals surface area contributed by atoms with Crippen LogP contribution in [0.25, 0.3) is 11.3 Å². The van der Waals surface area contributed by atoms with Gasteiger partial charge in [0.15, 0.2) is 12.4 Å². The van der Waals surface area contributed by atoms with Crippen LogP contribution < -0.4 is 5.32 Å². The molecule has 0 unspecified atom stereocenters. The van der Waals surface area contributed by atoms with E-state index in [1.807, 2.05) is 0 Å². The lowest BCUT2D eigenvalue weighted by molar-refractivity contribution is -0.125. The second-order valence-electron chi connectivity index (χ2n) is 6.54. The molecular weight excluding hydrogens is 393 g/mol. The molecule has 0 radical (unpaired) electrons. The minimum Gasteiger partial charge on any atom is -0.452 e. The Morgan fingerprint density at radius 2 is 1.87 bits per heavy atom. The van der Waals surface area contributed by atoms with E-state index in [4.69, 9.17) is 9.15 Å². The molecule has 152 valence electrons. The van der Waals surface area contributed by atoms with Crippen molar-refractivity contribution in [1.29, 1.82) is 0 Å². The molecule has 3 amide bonds. The predicted molar refractivity (Wildman–Crippen MR) is 101 cm³/mol. The summed E-state index contributed by atoms with van der Waals surface area (Å²) in [5.41, 5.74) is 1.66. The maximum Gasteiger partial charge on any atom is 0.338 e. The average molecular weight is 409 g/mol. The van der Waals surface area contributed by atoms with Crippen LogP contribution in [0.15, 0.2) is 59.1 Å². The molecule has 2 heterocycles. The number of urea groups is 1. The van der Waals surface area contributed by atoms with Gasteiger partial charge in [0.1, 0.15) is 5.82 Å². The van der Waals surface area contributed by atoms with Crippen LogP contribution in [0.3, 0.4) is 0 Å². The Morgan fingerprint density at radius 1 is 1.13 bits per heavy atom. The van der Waals surface area contributed by atoms with Crippen molar-refractivity contribution in [3.8, 4) is 11.3 Å². The first-order valence-electron chi connectivity index (χ1n) is 9.04. The second-order valence-corrected chi connectivity index (χ2v) is 6.54. The summed E-state index contributed by atoms with van der Waals surface area (Å²) in [7, 11) is 0. The standard InChI is InChI=1S/C21H16FN3O5/c22-16-7-5-14(6-8-16)17-9-23-18(30-17)12-29-20(27)15-3-1-13(2-4-15)11-25-19(26)10-24-21(25)28/h1-9H,10-12H2,(H,24,28). The zero-order valence-corrected chi connectivity index (χ0v) is 15.6. The van der Waals surface area contributed by atoms with Crippen LogP contribution in [0.4, 0.5) is 9.18 Å². The molecule has 0 saturated carbocycles. The maximum absolute atomic E-state index is 13.0. The van der Waals surface area contributed by atoms with Crippen LogP contribution in [0.1, 0.15) is 21.8 Å². The van der Waals surface area contributed by atoms with Crippen molar-refractivity contribution in [1.82, 2.24) is 15.2 Å². The fraction of sp³-hybridized carbons (Fsp3) is 0.143. The highest BCUT2D eigenvalue weighted by Crippen LogP contribution is 2.21. The lowest BCUT2D eigenvalue weighted by atomic mass is 10.1. The minimum absolute atomic E-state index is 0.00701. The van der Waals surface area contributed by atoms with E-state index in [0.717, 1.165) is 4.90 Å². The molecule has 2 aromatic carbocycles. The number of ether oxygens (including phenoxy) is 1. The summed E-state index contributed by atoms with van der Waals surface area (Å²) in [6.07, 6.45) is 1.47. The number of rotatable bonds is 6. The number of imide groups is 1. The Labute approximate surface area is 170 Å². The van der Waals surface area contributed by atoms with Gasteiger partial charge in [0.25, 0.3) is 0 Å². The van der Waals surface area contributed by atoms with Gasteiger partial charge >= 0.3 is 12.0 Å². The molecule has 0 bridgehead atoms. The van der Waals surface area contributed by atoms with Crippen LogP contribution in [0.5, 0.6) is 0 Å². The van der Waals surface area contributed by atoms with Crippen LogP contribution in [0, 0.1) is 5.82 Å². The van der Waals surface area contributed by atoms with Gasteiger partial charge in [-0.15, -0.1) is 0 Å². The molecule has 0 atom stereocenters. The Hall–Kier alpha value is -4.01. The summed E-state index contributed by atoms with van der Waals surface area (Å²) in [6.45, 7) is -0.0420. The van der Waals surface area contributed by atoms with Crippen molar-refractivity contribution in [2.75, 3.05) is 6.54 Å². The van der Waals surface area contributed by atoms with Gasteiger partial charge in [-0.05, 0) is 42.0 Å². The molecule has 3 aromatic rings. The highest BCUT2D eigenvalue weighted by molar-refractivity contribution is 6.01. The number of hydrogen-bond donors (Lipinski definition) is 1. The largest absolute Gasteiger partial charge is 0.452 e. The van der Waals surface area contributed by atoms with E-state index in [1.54, 1.807) is 36.4 Å². The number of hydrogen-bond acceptors (Lipinski definition) is 6. The molecule has 4 rings (SSSR count). The number of benzene rings is 2. The van der Waals surface area contributed by atoms with Gasteiger partial charge < -0.3 is 14.5 Å². The van der Waals surface area contributed by atoms with Gasteiger partial charge in [-0.2, -0.15) is 0 Å². The van der Waals surface area contributed by atoms with Crippen molar-refractivity contribution in [3.63, 3.8) is 0 Å². The smallest absolute Gasteiger partial charge is 0.338 e. The van der Waals surface area contributed by atoms with Gasteiger partial charge in [-0.25, -0.2) is 19.0 Å². The number of carbonyl (C=O) groups is 3. The van der Waals surface area contributed by atoms with Gasteiger partial charge in [0.05, 0.1) is 24.8 Å². The molecule has 0 spiro atoms. The Bertz CT molecular complexity index is 1080. The molecule has 30 heavy (non-hydrogen) atoms. The van der Waals surface area contributed by atoms with E-state index >= 15 is 0 Å². The van der Waals surface area contributed by atoms with Gasteiger partial charge in [0.2, 0.25) is 11.8 Å². The van der Waals surface area contributed by atoms with Crippen LogP contribution in [0.2, 0.25) is 0 Å². The van der Waals surface area contributed by atoms with Crippen molar-refractivity contribution in [2.45, 2.75) is 13.2 Å². The molecule has 1 N–H and O–H groups in total. The molecule has 1 aromatic heterocycles. The SMILES string of the molecule is O=C(OCc1ncc(-c2ccc(F)cc2)o1)c1ccc(CN2C(=O)CNC2=O)cc1. The van der Waals surface area contributed by atoms with E-state index in [9.17, 15) is 18.8 Å². The zero-order valence-electron chi connectivity index (χ0n) is 15.6. The first kappa shape index (κ1) is 19.3. The fourth-order valence-electron chi connectivity index (χ4n) is 2.88. The summed E-state index contributed by atoms with van der Waals surface area (Å²) in [4.78, 5) is 40.6. The Balaban J connectivity index is 1.33. The van der Waals surface area contributed by atoms with E-state index in [0.29, 0.717) is 22.5 Å². The van der Waals surface area contributed by atoms with E-state index in [-0.39, 0.29) is 37.3 Å². The summed E-state index contributed by atoms with van der Waals surface area (Å²) in [6, 6.07) is 11.7.